The zero-order valence-corrected chi connectivity index (χ0v) is 16.0. The fourth-order valence-electron chi connectivity index (χ4n) is 2.60. The Morgan fingerprint density at radius 2 is 1.95 bits per heavy atom. The van der Waals surface area contributed by atoms with E-state index in [0.29, 0.717) is 11.4 Å². The highest BCUT2D eigenvalue weighted by atomic mass is 35.5. The van der Waals surface area contributed by atoms with Gasteiger partial charge in [-0.15, -0.1) is 0 Å². The molecule has 122 valence electrons. The average Bonchev–Trinajstić information content (AvgIpc) is 2.76. The van der Waals surface area contributed by atoms with Crippen molar-refractivity contribution in [2.24, 2.45) is 5.92 Å². The number of esters is 1. The molecule has 0 saturated carbocycles. The Bertz CT molecular complexity index is 578. The van der Waals surface area contributed by atoms with Gasteiger partial charge in [0, 0.05) is 5.02 Å². The molecule has 0 amide bonds. The molecule has 0 bridgehead atoms. The van der Waals surface area contributed by atoms with Gasteiger partial charge in [-0.2, -0.15) is 0 Å². The van der Waals surface area contributed by atoms with E-state index >= 15 is 0 Å². The van der Waals surface area contributed by atoms with Crippen molar-refractivity contribution in [3.8, 4) is 0 Å². The number of halogens is 1. The van der Waals surface area contributed by atoms with Crippen molar-refractivity contribution >= 4 is 25.9 Å². The molecule has 0 radical (unpaired) electrons. The number of benzene rings is 1. The van der Waals surface area contributed by atoms with Crippen LogP contribution >= 0.6 is 11.6 Å². The van der Waals surface area contributed by atoms with E-state index in [1.807, 2.05) is 18.2 Å². The fourth-order valence-corrected chi connectivity index (χ4v) is 4.14. The van der Waals surface area contributed by atoms with Gasteiger partial charge in [0.05, 0.1) is 19.1 Å². The number of carbonyl (C=O) groups excluding carboxylic acids is 1. The molecule has 0 aromatic heterocycles. The molecule has 0 N–H and O–H groups in total. The summed E-state index contributed by atoms with van der Waals surface area (Å²) in [7, 11) is -0.580. The van der Waals surface area contributed by atoms with E-state index in [9.17, 15) is 4.79 Å². The largest absolute Gasteiger partial charge is 0.469 e. The summed E-state index contributed by atoms with van der Waals surface area (Å²) in [6.45, 7) is 11.0. The molecule has 0 spiro atoms. The molecular formula is C17H25ClO3Si. The molecule has 5 heteroatoms. The third kappa shape index (κ3) is 3.10. The van der Waals surface area contributed by atoms with Crippen LogP contribution in [0.2, 0.25) is 23.2 Å². The second-order valence-electron chi connectivity index (χ2n) is 7.44. The minimum absolute atomic E-state index is 0.0784. The van der Waals surface area contributed by atoms with Gasteiger partial charge in [-0.3, -0.25) is 4.79 Å². The Labute approximate surface area is 139 Å². The van der Waals surface area contributed by atoms with Crippen molar-refractivity contribution in [3.63, 3.8) is 0 Å². The van der Waals surface area contributed by atoms with Crippen LogP contribution in [-0.4, -0.2) is 21.4 Å². The lowest BCUT2D eigenvalue weighted by Crippen LogP contribution is -2.43. The number of ether oxygens (including phenoxy) is 1. The first-order valence-corrected chi connectivity index (χ1v) is 10.9. The van der Waals surface area contributed by atoms with Gasteiger partial charge in [0.1, 0.15) is 0 Å². The first-order chi connectivity index (χ1) is 10.1. The van der Waals surface area contributed by atoms with E-state index in [0.717, 1.165) is 11.1 Å². The summed E-state index contributed by atoms with van der Waals surface area (Å²) in [5.74, 6) is -0.537. The lowest BCUT2D eigenvalue weighted by molar-refractivity contribution is -0.148. The van der Waals surface area contributed by atoms with Crippen LogP contribution in [0.4, 0.5) is 0 Å². The molecule has 0 heterocycles. The summed E-state index contributed by atoms with van der Waals surface area (Å²) in [4.78, 5) is 12.2. The molecule has 2 atom stereocenters. The third-order valence-corrected chi connectivity index (χ3v) is 9.79. The van der Waals surface area contributed by atoms with Crippen molar-refractivity contribution in [3.05, 3.63) is 34.3 Å². The minimum Gasteiger partial charge on any atom is -0.469 e. The summed E-state index contributed by atoms with van der Waals surface area (Å²) in [5.41, 5.74) is 2.05. The van der Waals surface area contributed by atoms with Crippen LogP contribution in [0.1, 0.15) is 38.0 Å². The van der Waals surface area contributed by atoms with Gasteiger partial charge in [0.2, 0.25) is 0 Å². The van der Waals surface area contributed by atoms with E-state index in [1.54, 1.807) is 0 Å². The Hall–Kier alpha value is -0.843. The van der Waals surface area contributed by atoms with Crippen LogP contribution < -0.4 is 0 Å². The van der Waals surface area contributed by atoms with E-state index in [2.05, 4.69) is 33.9 Å². The predicted molar refractivity (Wildman–Crippen MR) is 91.7 cm³/mol. The highest BCUT2D eigenvalue weighted by molar-refractivity contribution is 6.74. The average molecular weight is 341 g/mol. The van der Waals surface area contributed by atoms with Crippen molar-refractivity contribution in [1.82, 2.24) is 0 Å². The maximum Gasteiger partial charge on any atom is 0.311 e. The molecule has 1 aromatic carbocycles. The van der Waals surface area contributed by atoms with E-state index in [1.165, 1.54) is 7.11 Å². The molecule has 0 fully saturated rings. The minimum atomic E-state index is -2.01. The molecule has 0 aliphatic heterocycles. The van der Waals surface area contributed by atoms with Gasteiger partial charge in [-0.1, -0.05) is 44.5 Å². The molecule has 1 aliphatic rings. The number of carbonyl (C=O) groups is 1. The lowest BCUT2D eigenvalue weighted by atomic mass is 10.0. The maximum atomic E-state index is 12.2. The van der Waals surface area contributed by atoms with Crippen molar-refractivity contribution in [2.75, 3.05) is 7.11 Å². The van der Waals surface area contributed by atoms with Crippen LogP contribution in [0.3, 0.4) is 0 Å². The summed E-state index contributed by atoms with van der Waals surface area (Å²) in [6.07, 6.45) is 0.322. The Morgan fingerprint density at radius 3 is 2.50 bits per heavy atom. The van der Waals surface area contributed by atoms with Gasteiger partial charge < -0.3 is 9.16 Å². The van der Waals surface area contributed by atoms with E-state index < -0.39 is 8.32 Å². The topological polar surface area (TPSA) is 35.5 Å². The highest BCUT2D eigenvalue weighted by Gasteiger charge is 2.46. The summed E-state index contributed by atoms with van der Waals surface area (Å²) < 4.78 is 11.5. The van der Waals surface area contributed by atoms with Gasteiger partial charge in [0.25, 0.3) is 0 Å². The van der Waals surface area contributed by atoms with E-state index in [4.69, 9.17) is 20.8 Å². The number of fused-ring (bicyclic) bond motifs is 1. The van der Waals surface area contributed by atoms with Crippen LogP contribution in [-0.2, 0) is 20.4 Å². The molecule has 0 unspecified atom stereocenters. The Kier molecular flexibility index (Phi) is 4.76. The SMILES string of the molecule is COC(=O)[C@@H]1Cc2c(Cl)cccc2[C@H]1O[Si](C)(C)C(C)(C)C. The van der Waals surface area contributed by atoms with Gasteiger partial charge in [-0.05, 0) is 41.7 Å². The molecular weight excluding hydrogens is 316 g/mol. The Balaban J connectivity index is 2.41. The smallest absolute Gasteiger partial charge is 0.311 e. The second-order valence-corrected chi connectivity index (χ2v) is 12.6. The molecule has 1 aromatic rings. The predicted octanol–water partition coefficient (Wildman–Crippen LogP) is 4.75. The zero-order chi connectivity index (χ0) is 16.7. The van der Waals surface area contributed by atoms with E-state index in [-0.39, 0.29) is 23.0 Å². The van der Waals surface area contributed by atoms with Crippen LogP contribution in [0.25, 0.3) is 0 Å². The molecule has 0 saturated heterocycles. The van der Waals surface area contributed by atoms with Gasteiger partial charge >= 0.3 is 5.97 Å². The van der Waals surface area contributed by atoms with Gasteiger partial charge in [-0.25, -0.2) is 0 Å². The molecule has 3 nitrogen and oxygen atoms in total. The molecule has 22 heavy (non-hydrogen) atoms. The normalized spacial score (nSPS) is 21.6. The standard InChI is InChI=1S/C17H25ClO3Si/c1-17(2,3)22(5,6)21-15-11-8-7-9-14(18)12(11)10-13(15)16(19)20-4/h7-9,13,15H,10H2,1-6H3/t13-,15-/m1/s1. The number of hydrogen-bond acceptors (Lipinski definition) is 3. The van der Waals surface area contributed by atoms with Crippen LogP contribution in [0.5, 0.6) is 0 Å². The summed E-state index contributed by atoms with van der Waals surface area (Å²) >= 11 is 6.31. The molecule has 1 aliphatic carbocycles. The van der Waals surface area contributed by atoms with Crippen LogP contribution in [0.15, 0.2) is 18.2 Å². The first kappa shape index (κ1) is 17.5. The second kappa shape index (κ2) is 5.98. The number of methoxy groups -OCH3 is 1. The third-order valence-electron chi connectivity index (χ3n) is 4.98. The molecule has 2 rings (SSSR count). The number of rotatable bonds is 3. The van der Waals surface area contributed by atoms with Crippen molar-refractivity contribution in [2.45, 2.75) is 51.4 Å². The highest BCUT2D eigenvalue weighted by Crippen LogP contribution is 2.47. The Morgan fingerprint density at radius 1 is 1.32 bits per heavy atom. The summed E-state index contributed by atoms with van der Waals surface area (Å²) in [6, 6.07) is 5.80. The lowest BCUT2D eigenvalue weighted by Gasteiger charge is -2.39. The quantitative estimate of drug-likeness (QED) is 0.588. The zero-order valence-electron chi connectivity index (χ0n) is 14.2. The maximum absolute atomic E-state index is 12.2. The first-order valence-electron chi connectivity index (χ1n) is 7.61. The van der Waals surface area contributed by atoms with Crippen molar-refractivity contribution in [1.29, 1.82) is 0 Å². The van der Waals surface area contributed by atoms with Gasteiger partial charge in [0.15, 0.2) is 8.32 Å². The van der Waals surface area contributed by atoms with Crippen LogP contribution in [0, 0.1) is 5.92 Å². The van der Waals surface area contributed by atoms with Crippen molar-refractivity contribution < 1.29 is 14.0 Å². The number of hydrogen-bond donors (Lipinski definition) is 0. The summed E-state index contributed by atoms with van der Waals surface area (Å²) in [5, 5.41) is 0.780. The monoisotopic (exact) mass is 340 g/mol. The fraction of sp³-hybridized carbons (Fsp3) is 0.588.